The number of nitrogens with zero attached hydrogens (tertiary/aromatic N) is 8. The first-order valence-corrected chi connectivity index (χ1v) is 31.4. The molecule has 460 valence electrons. The van der Waals surface area contributed by atoms with Crippen molar-refractivity contribution in [2.24, 2.45) is 0 Å². The summed E-state index contributed by atoms with van der Waals surface area (Å²) in [4.78, 5) is 83.7. The van der Waals surface area contributed by atoms with Crippen LogP contribution in [-0.4, -0.2) is 63.0 Å². The summed E-state index contributed by atoms with van der Waals surface area (Å²) in [5.41, 5.74) is 11.1. The van der Waals surface area contributed by atoms with E-state index >= 15 is 0 Å². The van der Waals surface area contributed by atoms with Crippen molar-refractivity contribution >= 4 is 144 Å². The molecule has 0 N–H and O–H groups in total. The van der Waals surface area contributed by atoms with Crippen molar-refractivity contribution in [3.05, 3.63) is 275 Å². The lowest BCUT2D eigenvalue weighted by Gasteiger charge is -2.10. The molecule has 0 radical (unpaired) electrons. The molecule has 0 aliphatic carbocycles. The molecule has 17 heteroatoms. The number of Topliss-reactive ketones (excluding diaryl/α,β-unsaturated/α-hetero) is 4. The Bertz CT molecular complexity index is 5610. The van der Waals surface area contributed by atoms with E-state index in [9.17, 15) is 28.0 Å². The lowest BCUT2D eigenvalue weighted by molar-refractivity contribution is 0.100. The van der Waals surface area contributed by atoms with Crippen molar-refractivity contribution in [3.63, 3.8) is 0 Å². The average Bonchev–Trinajstić information content (AvgIpc) is 1.17. The molecule has 0 saturated carbocycles. The number of aromatic nitrogens is 8. The summed E-state index contributed by atoms with van der Waals surface area (Å²) in [6.07, 6.45) is 14.2. The molecule has 0 fully saturated rings. The van der Waals surface area contributed by atoms with Gasteiger partial charge in [-0.3, -0.25) is 39.1 Å². The Balaban J connectivity index is 0.000000115. The van der Waals surface area contributed by atoms with E-state index in [1.165, 1.54) is 49.4 Å². The minimum atomic E-state index is -0.311. The standard InChI is InChI=1S/C20H13ClN2O.2C20H13FN2O.C18H11ClN2OS/c1-12(24)13-5-6-16-18-11-22-8-7-17(18)20(23-19(16)10-13)14-3-2-4-15(21)9-14;1-12(24)14-4-7-16-18-11-22-9-8-17(18)20(23-19(16)10-14)13-2-5-15(21)6-3-13;1-12(24)13-5-6-16-18-11-22-8-7-17(18)20(23-19(16)10-13)14-3-2-4-15(21)9-14;1-10(22)11-2-3-12-14-9-20-7-6-13(14)18(21-15(12)8-11)16-4-5-17(19)23-16/h3*2-11H,1H3;2-9H,1H3. The molecule has 0 bridgehead atoms. The summed E-state index contributed by atoms with van der Waals surface area (Å²) in [7, 11) is 0. The van der Waals surface area contributed by atoms with E-state index in [-0.39, 0.29) is 34.8 Å². The highest BCUT2D eigenvalue weighted by molar-refractivity contribution is 7.19. The molecule has 9 heterocycles. The second kappa shape index (κ2) is 26.7. The summed E-state index contributed by atoms with van der Waals surface area (Å²) in [6, 6.07) is 53.9. The Kier molecular flexibility index (Phi) is 17.5. The number of carbonyl (C=O) groups is 4. The van der Waals surface area contributed by atoms with Gasteiger partial charge in [-0.2, -0.15) is 0 Å². The van der Waals surface area contributed by atoms with Gasteiger partial charge in [0.15, 0.2) is 23.1 Å². The van der Waals surface area contributed by atoms with Crippen LogP contribution in [0, 0.1) is 11.6 Å². The smallest absolute Gasteiger partial charge is 0.159 e. The van der Waals surface area contributed by atoms with Gasteiger partial charge in [-0.15, -0.1) is 11.3 Å². The highest BCUT2D eigenvalue weighted by Gasteiger charge is 2.18. The third-order valence-corrected chi connectivity index (χ3v) is 17.6. The van der Waals surface area contributed by atoms with Crippen LogP contribution in [0.15, 0.2) is 232 Å². The fraction of sp³-hybridized carbons (Fsp3) is 0.0513. The first-order chi connectivity index (χ1) is 46.0. The van der Waals surface area contributed by atoms with Crippen molar-refractivity contribution in [1.29, 1.82) is 0 Å². The van der Waals surface area contributed by atoms with E-state index in [1.54, 1.807) is 93.5 Å². The Morgan fingerprint density at radius 1 is 0.326 bits per heavy atom. The molecule has 16 aromatic rings. The largest absolute Gasteiger partial charge is 0.295 e. The van der Waals surface area contributed by atoms with E-state index in [1.807, 2.05) is 128 Å². The van der Waals surface area contributed by atoms with Gasteiger partial charge < -0.3 is 0 Å². The molecule has 0 aliphatic heterocycles. The minimum Gasteiger partial charge on any atom is -0.295 e. The van der Waals surface area contributed by atoms with Crippen LogP contribution in [0.4, 0.5) is 8.78 Å². The fourth-order valence-electron chi connectivity index (χ4n) is 11.4. The molecule has 9 aromatic heterocycles. The van der Waals surface area contributed by atoms with Crippen LogP contribution in [-0.2, 0) is 0 Å². The van der Waals surface area contributed by atoms with E-state index in [2.05, 4.69) is 19.9 Å². The fourth-order valence-corrected chi connectivity index (χ4v) is 12.7. The number of rotatable bonds is 8. The first kappa shape index (κ1) is 62.4. The molecule has 0 unspecified atom stereocenters. The number of benzene rings is 7. The van der Waals surface area contributed by atoms with Gasteiger partial charge in [0.1, 0.15) is 11.6 Å². The Morgan fingerprint density at radius 2 is 0.684 bits per heavy atom. The predicted molar refractivity (Wildman–Crippen MR) is 378 cm³/mol. The number of hydrogen-bond donors (Lipinski definition) is 0. The van der Waals surface area contributed by atoms with Crippen LogP contribution >= 0.6 is 34.5 Å². The predicted octanol–water partition coefficient (Wildman–Crippen LogP) is 20.3. The molecule has 0 spiro atoms. The number of ketones is 4. The lowest BCUT2D eigenvalue weighted by Crippen LogP contribution is -1.95. The third-order valence-electron chi connectivity index (χ3n) is 16.1. The van der Waals surface area contributed by atoms with Crippen LogP contribution in [0.3, 0.4) is 0 Å². The van der Waals surface area contributed by atoms with Crippen molar-refractivity contribution in [2.45, 2.75) is 27.7 Å². The van der Waals surface area contributed by atoms with Gasteiger partial charge in [0.25, 0.3) is 0 Å². The Morgan fingerprint density at radius 3 is 1.04 bits per heavy atom. The maximum atomic E-state index is 13.7. The maximum Gasteiger partial charge on any atom is 0.159 e. The average molecular weight is 1300 g/mol. The quantitative estimate of drug-likeness (QED) is 0.104. The summed E-state index contributed by atoms with van der Waals surface area (Å²) in [6.45, 7) is 6.17. The molecule has 0 atom stereocenters. The number of fused-ring (bicyclic) bond motifs is 12. The molecular weight excluding hydrogens is 1250 g/mol. The van der Waals surface area contributed by atoms with Gasteiger partial charge in [0.2, 0.25) is 0 Å². The number of hydrogen-bond acceptors (Lipinski definition) is 13. The topological polar surface area (TPSA) is 171 Å². The van der Waals surface area contributed by atoms with Gasteiger partial charge in [-0.1, -0.05) is 96.0 Å². The van der Waals surface area contributed by atoms with Gasteiger partial charge in [0.05, 0.1) is 54.1 Å². The normalized spacial score (nSPS) is 11.1. The Hall–Kier alpha value is -11.4. The SMILES string of the molecule is CC(=O)c1ccc2c(c1)nc(-c1ccc(Cl)s1)c1ccncc12.CC(=O)c1ccc2c(c1)nc(-c1ccc(F)cc1)c1ccncc12.CC(=O)c1ccc2c(c1)nc(-c1cccc(Cl)c1)c1ccncc12.CC(=O)c1ccc2c(c1)nc(-c1cccc(F)c1)c1ccncc12. The molecule has 0 aliphatic rings. The lowest BCUT2D eigenvalue weighted by atomic mass is 10.00. The zero-order valence-corrected chi connectivity index (χ0v) is 53.4. The second-order valence-electron chi connectivity index (χ2n) is 22.3. The van der Waals surface area contributed by atoms with Crippen LogP contribution in [0.25, 0.3) is 131 Å². The molecule has 95 heavy (non-hydrogen) atoms. The van der Waals surface area contributed by atoms with Crippen LogP contribution < -0.4 is 0 Å². The maximum absolute atomic E-state index is 13.7. The number of carbonyl (C=O) groups excluding carboxylic acids is 4. The van der Waals surface area contributed by atoms with Crippen LogP contribution in [0.5, 0.6) is 0 Å². The third kappa shape index (κ3) is 13.0. The number of thiophene rings is 1. The molecule has 0 saturated heterocycles. The zero-order chi connectivity index (χ0) is 66.0. The Labute approximate surface area is 555 Å². The molecule has 0 amide bonds. The van der Waals surface area contributed by atoms with E-state index < -0.39 is 0 Å². The highest BCUT2D eigenvalue weighted by Crippen LogP contribution is 2.39. The number of halogens is 4. The summed E-state index contributed by atoms with van der Waals surface area (Å²) in [5, 5.41) is 12.3. The van der Waals surface area contributed by atoms with Gasteiger partial charge in [-0.25, -0.2) is 28.7 Å². The molecule has 7 aromatic carbocycles. The van der Waals surface area contributed by atoms with E-state index in [0.717, 1.165) is 119 Å². The summed E-state index contributed by atoms with van der Waals surface area (Å²) in [5.74, 6) is -0.570. The van der Waals surface area contributed by atoms with E-state index in [0.29, 0.717) is 44.1 Å². The van der Waals surface area contributed by atoms with Crippen molar-refractivity contribution < 1.29 is 28.0 Å². The van der Waals surface area contributed by atoms with Crippen molar-refractivity contribution in [1.82, 2.24) is 39.9 Å². The zero-order valence-electron chi connectivity index (χ0n) is 51.1. The second-order valence-corrected chi connectivity index (χ2v) is 24.5. The van der Waals surface area contributed by atoms with Crippen LogP contribution in [0.2, 0.25) is 9.36 Å². The first-order valence-electron chi connectivity index (χ1n) is 29.8. The van der Waals surface area contributed by atoms with Crippen molar-refractivity contribution in [2.75, 3.05) is 0 Å². The summed E-state index contributed by atoms with van der Waals surface area (Å²) < 4.78 is 27.6. The molecule has 12 nitrogen and oxygen atoms in total. The van der Waals surface area contributed by atoms with Gasteiger partial charge in [-0.05, 0) is 137 Å². The molecular formula is C78H50Cl2F2N8O4S. The highest BCUT2D eigenvalue weighted by atomic mass is 35.5. The molecule has 16 rings (SSSR count). The van der Waals surface area contributed by atoms with Crippen molar-refractivity contribution in [3.8, 4) is 44.3 Å². The van der Waals surface area contributed by atoms with Crippen LogP contribution in [0.1, 0.15) is 69.1 Å². The summed E-state index contributed by atoms with van der Waals surface area (Å²) >= 11 is 13.7. The van der Waals surface area contributed by atoms with Gasteiger partial charge in [0, 0.05) is 158 Å². The number of pyridine rings is 8. The minimum absolute atomic E-state index is 0.00619. The van der Waals surface area contributed by atoms with Gasteiger partial charge >= 0.3 is 0 Å². The monoisotopic (exact) mass is 1300 g/mol. The van der Waals surface area contributed by atoms with E-state index in [4.69, 9.17) is 43.1 Å².